The van der Waals surface area contributed by atoms with Crippen molar-refractivity contribution >= 4 is 5.97 Å². The Labute approximate surface area is 147 Å². The number of aryl methyl sites for hydroxylation is 1. The van der Waals surface area contributed by atoms with E-state index in [0.717, 1.165) is 49.4 Å². The third-order valence-electron chi connectivity index (χ3n) is 4.42. The number of hydrogen-bond donors (Lipinski definition) is 1. The third kappa shape index (κ3) is 4.76. The fourth-order valence-corrected chi connectivity index (χ4v) is 3.28. The number of nitrogens with zero attached hydrogens (tertiary/aromatic N) is 3. The standard InChI is InChI=1S/C19H23N3O3/c1-14-9-20-10-17(21-14)15-6-4-8-22(11-15)12-16-5-2-3-7-18(16)25-13-19(23)24/h2-3,5,7,9-10,15H,4,6,8,11-13H2,1H3,(H,23,24). The second-order valence-corrected chi connectivity index (χ2v) is 6.45. The van der Waals surface area contributed by atoms with E-state index >= 15 is 0 Å². The van der Waals surface area contributed by atoms with Gasteiger partial charge in [-0.2, -0.15) is 0 Å². The molecule has 0 bridgehead atoms. The van der Waals surface area contributed by atoms with Gasteiger partial charge in [0.25, 0.3) is 0 Å². The molecule has 2 aromatic rings. The first-order valence-electron chi connectivity index (χ1n) is 8.55. The highest BCUT2D eigenvalue weighted by Gasteiger charge is 2.23. The maximum Gasteiger partial charge on any atom is 0.341 e. The number of rotatable bonds is 6. The van der Waals surface area contributed by atoms with E-state index in [2.05, 4.69) is 14.9 Å². The van der Waals surface area contributed by atoms with Crippen molar-refractivity contribution in [2.45, 2.75) is 32.2 Å². The summed E-state index contributed by atoms with van der Waals surface area (Å²) in [7, 11) is 0. The Balaban J connectivity index is 1.68. The number of benzene rings is 1. The number of likely N-dealkylation sites (tertiary alicyclic amines) is 1. The molecule has 3 rings (SSSR count). The van der Waals surface area contributed by atoms with Crippen molar-refractivity contribution in [2.75, 3.05) is 19.7 Å². The van der Waals surface area contributed by atoms with Crippen LogP contribution in [-0.4, -0.2) is 45.6 Å². The molecule has 0 saturated carbocycles. The summed E-state index contributed by atoms with van der Waals surface area (Å²) in [6, 6.07) is 7.64. The molecule has 0 aliphatic carbocycles. The molecule has 1 unspecified atom stereocenters. The van der Waals surface area contributed by atoms with E-state index in [4.69, 9.17) is 9.84 Å². The third-order valence-corrected chi connectivity index (χ3v) is 4.42. The topological polar surface area (TPSA) is 75.6 Å². The van der Waals surface area contributed by atoms with Gasteiger partial charge in [-0.1, -0.05) is 18.2 Å². The van der Waals surface area contributed by atoms with Gasteiger partial charge in [-0.25, -0.2) is 4.79 Å². The molecule has 1 fully saturated rings. The normalized spacial score (nSPS) is 18.0. The minimum atomic E-state index is -0.967. The average Bonchev–Trinajstić information content (AvgIpc) is 2.61. The van der Waals surface area contributed by atoms with Crippen molar-refractivity contribution < 1.29 is 14.6 Å². The first-order chi connectivity index (χ1) is 12.1. The van der Waals surface area contributed by atoms with Crippen molar-refractivity contribution in [3.05, 3.63) is 53.6 Å². The zero-order valence-electron chi connectivity index (χ0n) is 14.4. The Morgan fingerprint density at radius 2 is 2.20 bits per heavy atom. The van der Waals surface area contributed by atoms with Crippen LogP contribution in [0.25, 0.3) is 0 Å². The Bertz CT molecular complexity index is 735. The highest BCUT2D eigenvalue weighted by Crippen LogP contribution is 2.28. The Kier molecular flexibility index (Phi) is 5.60. The van der Waals surface area contributed by atoms with Gasteiger partial charge in [0, 0.05) is 37.0 Å². The first-order valence-corrected chi connectivity index (χ1v) is 8.55. The van der Waals surface area contributed by atoms with Crippen LogP contribution in [0, 0.1) is 6.92 Å². The molecule has 25 heavy (non-hydrogen) atoms. The summed E-state index contributed by atoms with van der Waals surface area (Å²) in [5.74, 6) is 0.0569. The molecule has 0 radical (unpaired) electrons. The maximum absolute atomic E-state index is 10.8. The minimum Gasteiger partial charge on any atom is -0.482 e. The second-order valence-electron chi connectivity index (χ2n) is 6.45. The summed E-state index contributed by atoms with van der Waals surface area (Å²) in [6.45, 7) is 4.32. The molecule has 1 aliphatic rings. The lowest BCUT2D eigenvalue weighted by Crippen LogP contribution is -2.34. The van der Waals surface area contributed by atoms with Crippen LogP contribution in [0.4, 0.5) is 0 Å². The predicted molar refractivity (Wildman–Crippen MR) is 93.6 cm³/mol. The molecule has 1 aromatic carbocycles. The summed E-state index contributed by atoms with van der Waals surface area (Å²) in [6.07, 6.45) is 5.87. The first kappa shape index (κ1) is 17.4. The van der Waals surface area contributed by atoms with Gasteiger partial charge in [0.15, 0.2) is 6.61 Å². The highest BCUT2D eigenvalue weighted by molar-refractivity contribution is 5.68. The van der Waals surface area contributed by atoms with Crippen molar-refractivity contribution in [1.29, 1.82) is 0 Å². The van der Waals surface area contributed by atoms with Gasteiger partial charge < -0.3 is 9.84 Å². The van der Waals surface area contributed by atoms with E-state index in [1.54, 1.807) is 6.20 Å². The lowest BCUT2D eigenvalue weighted by atomic mass is 9.94. The van der Waals surface area contributed by atoms with Crippen molar-refractivity contribution in [3.8, 4) is 5.75 Å². The van der Waals surface area contributed by atoms with E-state index in [-0.39, 0.29) is 6.61 Å². The number of carboxylic acid groups (broad SMARTS) is 1. The van der Waals surface area contributed by atoms with E-state index in [1.165, 1.54) is 0 Å². The molecule has 1 atom stereocenters. The molecule has 1 N–H and O–H groups in total. The monoisotopic (exact) mass is 341 g/mol. The number of ether oxygens (including phenoxy) is 1. The van der Waals surface area contributed by atoms with Crippen molar-refractivity contribution in [3.63, 3.8) is 0 Å². The number of hydrogen-bond acceptors (Lipinski definition) is 5. The van der Waals surface area contributed by atoms with Crippen molar-refractivity contribution in [2.24, 2.45) is 0 Å². The summed E-state index contributed by atoms with van der Waals surface area (Å²) in [5.41, 5.74) is 3.02. The summed E-state index contributed by atoms with van der Waals surface area (Å²) in [5, 5.41) is 8.82. The smallest absolute Gasteiger partial charge is 0.341 e. The van der Waals surface area contributed by atoms with Crippen LogP contribution in [0.15, 0.2) is 36.7 Å². The van der Waals surface area contributed by atoms with Gasteiger partial charge in [0.1, 0.15) is 5.75 Å². The zero-order valence-corrected chi connectivity index (χ0v) is 14.4. The van der Waals surface area contributed by atoms with Crippen LogP contribution in [0.2, 0.25) is 0 Å². The Morgan fingerprint density at radius 3 is 3.00 bits per heavy atom. The quantitative estimate of drug-likeness (QED) is 0.870. The fourth-order valence-electron chi connectivity index (χ4n) is 3.28. The molecule has 6 heteroatoms. The molecule has 132 valence electrons. The molecular weight excluding hydrogens is 318 g/mol. The Morgan fingerprint density at radius 1 is 1.36 bits per heavy atom. The Hall–Kier alpha value is -2.47. The average molecular weight is 341 g/mol. The van der Waals surface area contributed by atoms with Crippen LogP contribution in [0.5, 0.6) is 5.75 Å². The number of aliphatic carboxylic acids is 1. The van der Waals surface area contributed by atoms with Crippen LogP contribution in [0.1, 0.15) is 35.7 Å². The van der Waals surface area contributed by atoms with Crippen LogP contribution in [0.3, 0.4) is 0 Å². The molecule has 1 aliphatic heterocycles. The van der Waals surface area contributed by atoms with Gasteiger partial charge in [0.2, 0.25) is 0 Å². The predicted octanol–water partition coefficient (Wildman–Crippen LogP) is 2.63. The molecular formula is C19H23N3O3. The van der Waals surface area contributed by atoms with E-state index in [0.29, 0.717) is 11.7 Å². The molecule has 6 nitrogen and oxygen atoms in total. The number of para-hydroxylation sites is 1. The van der Waals surface area contributed by atoms with Gasteiger partial charge in [-0.15, -0.1) is 0 Å². The summed E-state index contributed by atoms with van der Waals surface area (Å²) in [4.78, 5) is 22.0. The van der Waals surface area contributed by atoms with E-state index in [1.807, 2.05) is 37.4 Å². The molecule has 1 aromatic heterocycles. The fraction of sp³-hybridized carbons (Fsp3) is 0.421. The lowest BCUT2D eigenvalue weighted by Gasteiger charge is -2.32. The lowest BCUT2D eigenvalue weighted by molar-refractivity contribution is -0.139. The SMILES string of the molecule is Cc1cncc(C2CCCN(Cc3ccccc3OCC(=O)O)C2)n1. The molecule has 0 spiro atoms. The van der Waals surface area contributed by atoms with E-state index in [9.17, 15) is 4.79 Å². The largest absolute Gasteiger partial charge is 0.482 e. The molecule has 0 amide bonds. The molecule has 1 saturated heterocycles. The van der Waals surface area contributed by atoms with Crippen LogP contribution < -0.4 is 4.74 Å². The zero-order chi connectivity index (χ0) is 17.6. The van der Waals surface area contributed by atoms with Crippen LogP contribution >= 0.6 is 0 Å². The summed E-state index contributed by atoms with van der Waals surface area (Å²) < 4.78 is 5.42. The number of aromatic nitrogens is 2. The number of carboxylic acids is 1. The van der Waals surface area contributed by atoms with Gasteiger partial charge in [-0.3, -0.25) is 14.9 Å². The number of piperidine rings is 1. The maximum atomic E-state index is 10.8. The highest BCUT2D eigenvalue weighted by atomic mass is 16.5. The number of carbonyl (C=O) groups is 1. The summed E-state index contributed by atoms with van der Waals surface area (Å²) >= 11 is 0. The van der Waals surface area contributed by atoms with E-state index < -0.39 is 5.97 Å². The van der Waals surface area contributed by atoms with Gasteiger partial charge in [0.05, 0.1) is 11.4 Å². The van der Waals surface area contributed by atoms with Crippen molar-refractivity contribution in [1.82, 2.24) is 14.9 Å². The van der Waals surface area contributed by atoms with Gasteiger partial charge in [-0.05, 0) is 32.4 Å². The molecule has 2 heterocycles. The minimum absolute atomic E-state index is 0.321. The van der Waals surface area contributed by atoms with Gasteiger partial charge >= 0.3 is 5.97 Å². The van der Waals surface area contributed by atoms with Crippen LogP contribution in [-0.2, 0) is 11.3 Å². The second kappa shape index (κ2) is 8.07.